The highest BCUT2D eigenvalue weighted by Crippen LogP contribution is 2.16. The van der Waals surface area contributed by atoms with Crippen LogP contribution in [-0.2, 0) is 14.4 Å². The molecule has 128 valence electrons. The molecule has 1 unspecified atom stereocenters. The first-order chi connectivity index (χ1) is 11.5. The number of hydrogen-bond donors (Lipinski definition) is 2. The highest BCUT2D eigenvalue weighted by molar-refractivity contribution is 9.10. The number of carbonyl (C=O) groups is 3. The number of halogens is 1. The van der Waals surface area contributed by atoms with Gasteiger partial charge in [0.2, 0.25) is 5.91 Å². The number of nitrogens with zero attached hydrogens (tertiary/aromatic N) is 2. The molecule has 1 aromatic rings. The molecule has 1 aromatic carbocycles. The molecule has 2 fully saturated rings. The predicted molar refractivity (Wildman–Crippen MR) is 92.3 cm³/mol. The molecule has 0 bridgehead atoms. The van der Waals surface area contributed by atoms with Gasteiger partial charge in [0.1, 0.15) is 0 Å². The highest BCUT2D eigenvalue weighted by Gasteiger charge is 2.37. The maximum atomic E-state index is 12.1. The normalized spacial score (nSPS) is 21.2. The molecule has 0 spiro atoms. The average Bonchev–Trinajstić information content (AvgIpc) is 2.56. The van der Waals surface area contributed by atoms with Crippen molar-refractivity contribution in [2.75, 3.05) is 38.0 Å². The molecule has 2 saturated heterocycles. The van der Waals surface area contributed by atoms with E-state index in [0.29, 0.717) is 39.1 Å². The first-order valence-electron chi connectivity index (χ1n) is 7.89. The van der Waals surface area contributed by atoms with Gasteiger partial charge in [-0.15, -0.1) is 0 Å². The zero-order chi connectivity index (χ0) is 17.1. The fourth-order valence-corrected chi connectivity index (χ4v) is 3.43. The third-order valence-electron chi connectivity index (χ3n) is 4.28. The summed E-state index contributed by atoms with van der Waals surface area (Å²) in [5.74, 6) is -1.00. The Hall–Kier alpha value is -1.93. The van der Waals surface area contributed by atoms with E-state index in [2.05, 4.69) is 31.5 Å². The van der Waals surface area contributed by atoms with E-state index in [1.165, 1.54) is 0 Å². The minimum atomic E-state index is -0.520. The Kier molecular flexibility index (Phi) is 5.15. The number of nitrogens with one attached hydrogen (secondary N) is 2. The molecule has 0 aliphatic carbocycles. The van der Waals surface area contributed by atoms with Crippen LogP contribution in [0.3, 0.4) is 0 Å². The Labute approximate surface area is 148 Å². The standard InChI is InChI=1S/C16H19BrN4O3/c17-11-2-1-3-12(8-11)19-14(22)4-5-20-6-7-21-13(10-20)9-18-15(23)16(21)24/h1-3,8,13H,4-7,9-10H2,(H,18,23)(H,19,22). The minimum Gasteiger partial charge on any atom is -0.346 e. The fraction of sp³-hybridized carbons (Fsp3) is 0.438. The quantitative estimate of drug-likeness (QED) is 0.725. The van der Waals surface area contributed by atoms with Gasteiger partial charge in [-0.25, -0.2) is 0 Å². The summed E-state index contributed by atoms with van der Waals surface area (Å²) in [7, 11) is 0. The molecule has 3 amide bonds. The maximum Gasteiger partial charge on any atom is 0.312 e. The van der Waals surface area contributed by atoms with Crippen LogP contribution in [0.4, 0.5) is 5.69 Å². The van der Waals surface area contributed by atoms with Crippen LogP contribution >= 0.6 is 15.9 Å². The molecule has 2 aliphatic rings. The van der Waals surface area contributed by atoms with Crippen molar-refractivity contribution in [2.24, 2.45) is 0 Å². The van der Waals surface area contributed by atoms with Gasteiger partial charge in [-0.05, 0) is 18.2 Å². The number of amides is 3. The zero-order valence-corrected chi connectivity index (χ0v) is 14.7. The number of benzene rings is 1. The summed E-state index contributed by atoms with van der Waals surface area (Å²) in [4.78, 5) is 39.0. The number of rotatable bonds is 4. The number of fused-ring (bicyclic) bond motifs is 1. The van der Waals surface area contributed by atoms with Crippen molar-refractivity contribution in [3.8, 4) is 0 Å². The number of anilines is 1. The van der Waals surface area contributed by atoms with Gasteiger partial charge in [-0.1, -0.05) is 22.0 Å². The van der Waals surface area contributed by atoms with Gasteiger partial charge in [-0.2, -0.15) is 0 Å². The molecule has 2 aliphatic heterocycles. The van der Waals surface area contributed by atoms with E-state index in [0.717, 1.165) is 10.2 Å². The van der Waals surface area contributed by atoms with Crippen molar-refractivity contribution in [3.05, 3.63) is 28.7 Å². The summed E-state index contributed by atoms with van der Waals surface area (Å²) in [5, 5.41) is 5.49. The van der Waals surface area contributed by atoms with Crippen LogP contribution in [-0.4, -0.2) is 66.3 Å². The molecule has 2 N–H and O–H groups in total. The van der Waals surface area contributed by atoms with Crippen molar-refractivity contribution in [2.45, 2.75) is 12.5 Å². The van der Waals surface area contributed by atoms with Crippen LogP contribution in [0.25, 0.3) is 0 Å². The van der Waals surface area contributed by atoms with Crippen LogP contribution in [0.15, 0.2) is 28.7 Å². The fourth-order valence-electron chi connectivity index (χ4n) is 3.03. The second kappa shape index (κ2) is 7.31. The Balaban J connectivity index is 1.47. The largest absolute Gasteiger partial charge is 0.346 e. The van der Waals surface area contributed by atoms with Crippen molar-refractivity contribution in [1.82, 2.24) is 15.1 Å². The maximum absolute atomic E-state index is 12.1. The van der Waals surface area contributed by atoms with Crippen molar-refractivity contribution < 1.29 is 14.4 Å². The van der Waals surface area contributed by atoms with Crippen molar-refractivity contribution in [1.29, 1.82) is 0 Å². The van der Waals surface area contributed by atoms with E-state index >= 15 is 0 Å². The Morgan fingerprint density at radius 1 is 1.33 bits per heavy atom. The molecular formula is C16H19BrN4O3. The van der Waals surface area contributed by atoms with Gasteiger partial charge < -0.3 is 15.5 Å². The Morgan fingerprint density at radius 2 is 2.17 bits per heavy atom. The van der Waals surface area contributed by atoms with Gasteiger partial charge >= 0.3 is 11.8 Å². The van der Waals surface area contributed by atoms with E-state index in [1.54, 1.807) is 4.90 Å². The molecule has 3 rings (SSSR count). The molecular weight excluding hydrogens is 376 g/mol. The molecule has 0 aromatic heterocycles. The van der Waals surface area contributed by atoms with Crippen LogP contribution in [0, 0.1) is 0 Å². The zero-order valence-electron chi connectivity index (χ0n) is 13.1. The van der Waals surface area contributed by atoms with Gasteiger partial charge in [0, 0.05) is 49.3 Å². The lowest BCUT2D eigenvalue weighted by Crippen LogP contribution is -2.65. The van der Waals surface area contributed by atoms with Gasteiger partial charge in [0.25, 0.3) is 0 Å². The van der Waals surface area contributed by atoms with Gasteiger partial charge in [0.05, 0.1) is 6.04 Å². The van der Waals surface area contributed by atoms with E-state index in [4.69, 9.17) is 0 Å². The smallest absolute Gasteiger partial charge is 0.312 e. The van der Waals surface area contributed by atoms with Crippen LogP contribution < -0.4 is 10.6 Å². The topological polar surface area (TPSA) is 81.8 Å². The molecule has 7 nitrogen and oxygen atoms in total. The van der Waals surface area contributed by atoms with Crippen LogP contribution in [0.1, 0.15) is 6.42 Å². The van der Waals surface area contributed by atoms with Crippen LogP contribution in [0.5, 0.6) is 0 Å². The Bertz CT molecular complexity index is 666. The predicted octanol–water partition coefficient (Wildman–Crippen LogP) is 0.420. The molecule has 0 radical (unpaired) electrons. The van der Waals surface area contributed by atoms with Crippen molar-refractivity contribution >= 4 is 39.3 Å². The number of hydrogen-bond acceptors (Lipinski definition) is 4. The molecule has 8 heteroatoms. The summed E-state index contributed by atoms with van der Waals surface area (Å²) < 4.78 is 0.917. The third-order valence-corrected chi connectivity index (χ3v) is 4.78. The first-order valence-corrected chi connectivity index (χ1v) is 8.69. The second-order valence-electron chi connectivity index (χ2n) is 5.97. The monoisotopic (exact) mass is 394 g/mol. The number of carbonyl (C=O) groups excluding carboxylic acids is 3. The molecule has 24 heavy (non-hydrogen) atoms. The SMILES string of the molecule is O=C(CCN1CCN2C(=O)C(=O)NCC2C1)Nc1cccc(Br)c1. The minimum absolute atomic E-state index is 0.00269. The average molecular weight is 395 g/mol. The molecule has 0 saturated carbocycles. The van der Waals surface area contributed by atoms with Gasteiger partial charge in [-0.3, -0.25) is 19.3 Å². The second-order valence-corrected chi connectivity index (χ2v) is 6.89. The van der Waals surface area contributed by atoms with Gasteiger partial charge in [0.15, 0.2) is 0 Å². The lowest BCUT2D eigenvalue weighted by Gasteiger charge is -2.43. The summed E-state index contributed by atoms with van der Waals surface area (Å²) in [5.41, 5.74) is 0.764. The van der Waals surface area contributed by atoms with E-state index in [1.807, 2.05) is 24.3 Å². The van der Waals surface area contributed by atoms with Crippen LogP contribution in [0.2, 0.25) is 0 Å². The summed E-state index contributed by atoms with van der Waals surface area (Å²) in [6.45, 7) is 3.00. The first kappa shape index (κ1) is 16.9. The lowest BCUT2D eigenvalue weighted by molar-refractivity contribution is -0.152. The van der Waals surface area contributed by atoms with Crippen molar-refractivity contribution in [3.63, 3.8) is 0 Å². The van der Waals surface area contributed by atoms with E-state index in [9.17, 15) is 14.4 Å². The highest BCUT2D eigenvalue weighted by atomic mass is 79.9. The summed E-state index contributed by atoms with van der Waals surface area (Å²) in [6, 6.07) is 7.47. The Morgan fingerprint density at radius 3 is 2.96 bits per heavy atom. The number of piperazine rings is 2. The summed E-state index contributed by atoms with van der Waals surface area (Å²) in [6.07, 6.45) is 0.388. The van der Waals surface area contributed by atoms with E-state index in [-0.39, 0.29) is 11.9 Å². The molecule has 2 heterocycles. The molecule has 1 atom stereocenters. The lowest BCUT2D eigenvalue weighted by atomic mass is 10.1. The summed E-state index contributed by atoms with van der Waals surface area (Å²) >= 11 is 3.37. The van der Waals surface area contributed by atoms with E-state index < -0.39 is 11.8 Å². The third kappa shape index (κ3) is 3.93.